The van der Waals surface area contributed by atoms with Crippen molar-refractivity contribution in [2.45, 2.75) is 31.8 Å². The number of hydrogen-bond donors (Lipinski definition) is 2. The number of halogens is 1. The van der Waals surface area contributed by atoms with Gasteiger partial charge in [-0.3, -0.25) is 4.79 Å². The molecular weight excluding hydrogens is 324 g/mol. The van der Waals surface area contributed by atoms with Crippen LogP contribution in [0.2, 0.25) is 5.02 Å². The molecule has 1 amide bonds. The smallest absolute Gasteiger partial charge is 0.234 e. The molecule has 1 heterocycles. The molecule has 5 nitrogen and oxygen atoms in total. The van der Waals surface area contributed by atoms with Gasteiger partial charge in [0.1, 0.15) is 0 Å². The molecule has 122 valence electrons. The van der Waals surface area contributed by atoms with Crippen molar-refractivity contribution < 1.29 is 13.2 Å². The Balaban J connectivity index is 1.84. The summed E-state index contributed by atoms with van der Waals surface area (Å²) in [5, 5.41) is 6.62. The fraction of sp³-hybridized carbons (Fsp3) is 0.533. The molecule has 0 bridgehead atoms. The van der Waals surface area contributed by atoms with E-state index in [0.29, 0.717) is 11.4 Å². The van der Waals surface area contributed by atoms with Crippen LogP contribution in [0.1, 0.15) is 31.9 Å². The number of amides is 1. The molecule has 0 radical (unpaired) electrons. The van der Waals surface area contributed by atoms with Crippen molar-refractivity contribution in [1.29, 1.82) is 0 Å². The molecule has 1 aromatic carbocycles. The predicted octanol–water partition coefficient (Wildman–Crippen LogP) is 1.68. The van der Waals surface area contributed by atoms with E-state index in [1.54, 1.807) is 19.1 Å². The summed E-state index contributed by atoms with van der Waals surface area (Å²) in [6.45, 7) is 3.87. The minimum Gasteiger partial charge on any atom is -0.349 e. The maximum absolute atomic E-state index is 12.0. The SMILES string of the molecule is C[C@H](NCC(=O)N[C@@]1(C)CCS(=O)(=O)C1)c1ccc(Cl)cc1. The molecule has 1 saturated heterocycles. The van der Waals surface area contributed by atoms with E-state index in [1.165, 1.54) is 0 Å². The van der Waals surface area contributed by atoms with E-state index in [0.717, 1.165) is 5.56 Å². The second kappa shape index (κ2) is 6.56. The summed E-state index contributed by atoms with van der Waals surface area (Å²) in [4.78, 5) is 12.0. The van der Waals surface area contributed by atoms with Gasteiger partial charge in [-0.25, -0.2) is 8.42 Å². The lowest BCUT2D eigenvalue weighted by atomic mass is 10.0. The van der Waals surface area contributed by atoms with Crippen LogP contribution in [0.15, 0.2) is 24.3 Å². The van der Waals surface area contributed by atoms with Gasteiger partial charge in [0.2, 0.25) is 5.91 Å². The zero-order valence-corrected chi connectivity index (χ0v) is 14.3. The second-order valence-electron chi connectivity index (χ2n) is 6.11. The van der Waals surface area contributed by atoms with Crippen LogP contribution < -0.4 is 10.6 Å². The molecule has 0 saturated carbocycles. The molecule has 1 aliphatic rings. The number of benzene rings is 1. The van der Waals surface area contributed by atoms with Crippen molar-refractivity contribution in [2.24, 2.45) is 0 Å². The van der Waals surface area contributed by atoms with E-state index in [2.05, 4.69) is 10.6 Å². The van der Waals surface area contributed by atoms with Crippen molar-refractivity contribution in [1.82, 2.24) is 10.6 Å². The van der Waals surface area contributed by atoms with Gasteiger partial charge in [-0.05, 0) is 38.0 Å². The Bertz CT molecular complexity index is 645. The first-order chi connectivity index (χ1) is 10.2. The molecule has 0 aromatic heterocycles. The summed E-state index contributed by atoms with van der Waals surface area (Å²) < 4.78 is 23.1. The molecule has 1 aromatic rings. The van der Waals surface area contributed by atoms with E-state index < -0.39 is 15.4 Å². The van der Waals surface area contributed by atoms with E-state index >= 15 is 0 Å². The lowest BCUT2D eigenvalue weighted by Crippen LogP contribution is -2.49. The highest BCUT2D eigenvalue weighted by molar-refractivity contribution is 7.91. The summed E-state index contributed by atoms with van der Waals surface area (Å²) in [7, 11) is -3.03. The van der Waals surface area contributed by atoms with E-state index in [1.807, 2.05) is 19.1 Å². The monoisotopic (exact) mass is 344 g/mol. The summed E-state index contributed by atoms with van der Waals surface area (Å²) in [6, 6.07) is 7.42. The molecule has 2 N–H and O–H groups in total. The number of carbonyl (C=O) groups excluding carboxylic acids is 1. The minimum absolute atomic E-state index is 0.00290. The van der Waals surface area contributed by atoms with Crippen LogP contribution in [0.3, 0.4) is 0 Å². The number of hydrogen-bond acceptors (Lipinski definition) is 4. The molecule has 0 spiro atoms. The van der Waals surface area contributed by atoms with Gasteiger partial charge in [0, 0.05) is 11.1 Å². The Morgan fingerprint density at radius 3 is 2.55 bits per heavy atom. The average Bonchev–Trinajstić information content (AvgIpc) is 2.70. The summed E-state index contributed by atoms with van der Waals surface area (Å²) >= 11 is 5.84. The topological polar surface area (TPSA) is 75.3 Å². The van der Waals surface area contributed by atoms with Crippen LogP contribution in [0.25, 0.3) is 0 Å². The number of nitrogens with one attached hydrogen (secondary N) is 2. The van der Waals surface area contributed by atoms with Crippen molar-refractivity contribution >= 4 is 27.3 Å². The highest BCUT2D eigenvalue weighted by Crippen LogP contribution is 2.22. The lowest BCUT2D eigenvalue weighted by Gasteiger charge is -2.24. The number of sulfone groups is 1. The number of rotatable bonds is 5. The predicted molar refractivity (Wildman–Crippen MR) is 87.7 cm³/mol. The van der Waals surface area contributed by atoms with Gasteiger partial charge in [-0.2, -0.15) is 0 Å². The van der Waals surface area contributed by atoms with Crippen molar-refractivity contribution in [2.75, 3.05) is 18.1 Å². The van der Waals surface area contributed by atoms with E-state index in [-0.39, 0.29) is 30.0 Å². The molecule has 2 rings (SSSR count). The van der Waals surface area contributed by atoms with Gasteiger partial charge in [-0.1, -0.05) is 23.7 Å². The molecule has 2 atom stereocenters. The standard InChI is InChI=1S/C15H21ClN2O3S/c1-11(12-3-5-13(16)6-4-12)17-9-14(19)18-15(2)7-8-22(20,21)10-15/h3-6,11,17H,7-10H2,1-2H3,(H,18,19)/t11-,15-/m0/s1. The zero-order chi connectivity index (χ0) is 16.4. The van der Waals surface area contributed by atoms with Crippen LogP contribution in [0.4, 0.5) is 0 Å². The van der Waals surface area contributed by atoms with Crippen molar-refractivity contribution in [3.8, 4) is 0 Å². The van der Waals surface area contributed by atoms with Gasteiger partial charge in [0.15, 0.2) is 9.84 Å². The highest BCUT2D eigenvalue weighted by atomic mass is 35.5. The second-order valence-corrected chi connectivity index (χ2v) is 8.73. The fourth-order valence-corrected chi connectivity index (χ4v) is 4.82. The van der Waals surface area contributed by atoms with Crippen molar-refractivity contribution in [3.05, 3.63) is 34.9 Å². The Hall–Kier alpha value is -1.11. The Kier molecular flexibility index (Phi) is 5.14. The van der Waals surface area contributed by atoms with Crippen LogP contribution in [-0.4, -0.2) is 37.9 Å². The fourth-order valence-electron chi connectivity index (χ4n) is 2.60. The molecule has 0 unspecified atom stereocenters. The molecule has 1 aliphatic heterocycles. The first-order valence-electron chi connectivity index (χ1n) is 7.19. The average molecular weight is 345 g/mol. The molecule has 22 heavy (non-hydrogen) atoms. The third-order valence-electron chi connectivity index (χ3n) is 3.88. The van der Waals surface area contributed by atoms with Crippen LogP contribution >= 0.6 is 11.6 Å². The van der Waals surface area contributed by atoms with Gasteiger partial charge >= 0.3 is 0 Å². The Morgan fingerprint density at radius 2 is 2.00 bits per heavy atom. The normalized spacial score (nSPS) is 24.9. The van der Waals surface area contributed by atoms with Gasteiger partial charge < -0.3 is 10.6 Å². The minimum atomic E-state index is -3.03. The van der Waals surface area contributed by atoms with Crippen LogP contribution in [0.5, 0.6) is 0 Å². The summed E-state index contributed by atoms with van der Waals surface area (Å²) in [5.74, 6) is -0.0444. The van der Waals surface area contributed by atoms with Gasteiger partial charge in [-0.15, -0.1) is 0 Å². The molecule has 1 fully saturated rings. The Morgan fingerprint density at radius 1 is 1.36 bits per heavy atom. The van der Waals surface area contributed by atoms with Crippen molar-refractivity contribution in [3.63, 3.8) is 0 Å². The van der Waals surface area contributed by atoms with Crippen LogP contribution in [-0.2, 0) is 14.6 Å². The third kappa shape index (κ3) is 4.69. The maximum atomic E-state index is 12.0. The molecular formula is C15H21ClN2O3S. The third-order valence-corrected chi connectivity index (χ3v) is 6.04. The van der Waals surface area contributed by atoms with E-state index in [9.17, 15) is 13.2 Å². The quantitative estimate of drug-likeness (QED) is 0.852. The summed E-state index contributed by atoms with van der Waals surface area (Å²) in [6.07, 6.45) is 0.466. The van der Waals surface area contributed by atoms with Gasteiger partial charge in [0.05, 0.1) is 23.6 Å². The largest absolute Gasteiger partial charge is 0.349 e. The summed E-state index contributed by atoms with van der Waals surface area (Å²) in [5.41, 5.74) is 0.382. The zero-order valence-electron chi connectivity index (χ0n) is 12.7. The molecule has 0 aliphatic carbocycles. The first kappa shape index (κ1) is 17.2. The van der Waals surface area contributed by atoms with E-state index in [4.69, 9.17) is 11.6 Å². The first-order valence-corrected chi connectivity index (χ1v) is 9.39. The van der Waals surface area contributed by atoms with Gasteiger partial charge in [0.25, 0.3) is 0 Å². The van der Waals surface area contributed by atoms with Crippen LogP contribution in [0, 0.1) is 0 Å². The lowest BCUT2D eigenvalue weighted by molar-refractivity contribution is -0.121. The highest BCUT2D eigenvalue weighted by Gasteiger charge is 2.39. The number of carbonyl (C=O) groups is 1. The maximum Gasteiger partial charge on any atom is 0.234 e. The molecule has 7 heteroatoms. The Labute approximate surface area is 136 Å².